The van der Waals surface area contributed by atoms with Gasteiger partial charge in [-0.05, 0) is 61.9 Å². The quantitative estimate of drug-likeness (QED) is 0.777. The maximum absolute atomic E-state index is 12.5. The number of piperazine rings is 1. The summed E-state index contributed by atoms with van der Waals surface area (Å²) in [6.07, 6.45) is 1.02. The van der Waals surface area contributed by atoms with E-state index < -0.39 is 0 Å². The lowest BCUT2D eigenvalue weighted by atomic mass is 10.1. The molecule has 1 fully saturated rings. The van der Waals surface area contributed by atoms with Crippen LogP contribution >= 0.6 is 0 Å². The summed E-state index contributed by atoms with van der Waals surface area (Å²) in [6.45, 7) is 6.26. The number of aryl methyl sites for hydroxylation is 2. The summed E-state index contributed by atoms with van der Waals surface area (Å²) < 4.78 is 10.6. The van der Waals surface area contributed by atoms with Gasteiger partial charge < -0.3 is 24.6 Å². The first kappa shape index (κ1) is 21.0. The predicted molar refractivity (Wildman–Crippen MR) is 117 cm³/mol. The van der Waals surface area contributed by atoms with Gasteiger partial charge in [0, 0.05) is 50.0 Å². The SMILES string of the molecule is COc1cc(CCC(=O)Nc2ccc(N3CCN(C)CC3)cc2C)cc(OC)c1. The Morgan fingerprint density at radius 2 is 1.66 bits per heavy atom. The highest BCUT2D eigenvalue weighted by atomic mass is 16.5. The van der Waals surface area contributed by atoms with E-state index in [2.05, 4.69) is 34.3 Å². The Kier molecular flexibility index (Phi) is 6.99. The Morgan fingerprint density at radius 3 is 2.24 bits per heavy atom. The van der Waals surface area contributed by atoms with Crippen LogP contribution in [-0.4, -0.2) is 58.3 Å². The number of amides is 1. The fraction of sp³-hybridized carbons (Fsp3) is 0.435. The molecule has 0 bridgehead atoms. The molecule has 1 aliphatic rings. The summed E-state index contributed by atoms with van der Waals surface area (Å²) >= 11 is 0. The van der Waals surface area contributed by atoms with E-state index in [9.17, 15) is 4.79 Å². The molecular formula is C23H31N3O3. The van der Waals surface area contributed by atoms with E-state index in [1.807, 2.05) is 31.2 Å². The molecule has 0 unspecified atom stereocenters. The number of methoxy groups -OCH3 is 2. The first-order valence-electron chi connectivity index (χ1n) is 10.0. The van der Waals surface area contributed by atoms with E-state index in [1.54, 1.807) is 14.2 Å². The van der Waals surface area contributed by atoms with Crippen LogP contribution in [0.1, 0.15) is 17.5 Å². The number of carbonyl (C=O) groups excluding carboxylic acids is 1. The monoisotopic (exact) mass is 397 g/mol. The molecule has 2 aromatic rings. The summed E-state index contributed by atoms with van der Waals surface area (Å²) in [4.78, 5) is 17.2. The molecular weight excluding hydrogens is 366 g/mol. The van der Waals surface area contributed by atoms with Crippen LogP contribution in [-0.2, 0) is 11.2 Å². The van der Waals surface area contributed by atoms with Crippen LogP contribution < -0.4 is 19.7 Å². The molecule has 156 valence electrons. The van der Waals surface area contributed by atoms with Crippen molar-refractivity contribution in [1.82, 2.24) is 4.90 Å². The summed E-state index contributed by atoms with van der Waals surface area (Å²) in [5.41, 5.74) is 4.18. The van der Waals surface area contributed by atoms with Crippen LogP contribution in [0.25, 0.3) is 0 Å². The van der Waals surface area contributed by atoms with Crippen molar-refractivity contribution in [3.05, 3.63) is 47.5 Å². The largest absolute Gasteiger partial charge is 0.497 e. The summed E-state index contributed by atoms with van der Waals surface area (Å²) in [5.74, 6) is 1.47. The van der Waals surface area contributed by atoms with E-state index >= 15 is 0 Å². The minimum absolute atomic E-state index is 0.00207. The fourth-order valence-electron chi connectivity index (χ4n) is 3.53. The second-order valence-electron chi connectivity index (χ2n) is 7.56. The molecule has 6 heteroatoms. The van der Waals surface area contributed by atoms with E-state index in [4.69, 9.17) is 9.47 Å². The number of anilines is 2. The predicted octanol–water partition coefficient (Wildman–Crippen LogP) is 3.34. The van der Waals surface area contributed by atoms with Crippen LogP contribution in [0.4, 0.5) is 11.4 Å². The zero-order valence-electron chi connectivity index (χ0n) is 17.8. The number of carbonyl (C=O) groups is 1. The number of rotatable bonds is 7. The molecule has 0 aromatic heterocycles. The highest BCUT2D eigenvalue weighted by molar-refractivity contribution is 5.92. The third-order valence-corrected chi connectivity index (χ3v) is 5.40. The van der Waals surface area contributed by atoms with Crippen LogP contribution in [0.15, 0.2) is 36.4 Å². The van der Waals surface area contributed by atoms with Gasteiger partial charge in [-0.25, -0.2) is 0 Å². The normalized spacial score (nSPS) is 14.6. The van der Waals surface area contributed by atoms with Gasteiger partial charge in [0.2, 0.25) is 5.91 Å². The molecule has 0 atom stereocenters. The first-order valence-corrected chi connectivity index (χ1v) is 10.0. The summed E-state index contributed by atoms with van der Waals surface area (Å²) in [6, 6.07) is 12.0. The number of benzene rings is 2. The zero-order valence-corrected chi connectivity index (χ0v) is 17.8. The smallest absolute Gasteiger partial charge is 0.224 e. The van der Waals surface area contributed by atoms with E-state index in [-0.39, 0.29) is 5.91 Å². The molecule has 6 nitrogen and oxygen atoms in total. The fourth-order valence-corrected chi connectivity index (χ4v) is 3.53. The third-order valence-electron chi connectivity index (χ3n) is 5.40. The van der Waals surface area contributed by atoms with Crippen molar-refractivity contribution >= 4 is 17.3 Å². The van der Waals surface area contributed by atoms with Gasteiger partial charge >= 0.3 is 0 Å². The van der Waals surface area contributed by atoms with Gasteiger partial charge in [-0.3, -0.25) is 4.79 Å². The van der Waals surface area contributed by atoms with Gasteiger partial charge in [-0.15, -0.1) is 0 Å². The Labute approximate surface area is 173 Å². The van der Waals surface area contributed by atoms with E-state index in [0.29, 0.717) is 12.8 Å². The molecule has 1 saturated heterocycles. The van der Waals surface area contributed by atoms with Crippen molar-refractivity contribution in [2.24, 2.45) is 0 Å². The second kappa shape index (κ2) is 9.65. The maximum Gasteiger partial charge on any atom is 0.224 e. The maximum atomic E-state index is 12.5. The summed E-state index contributed by atoms with van der Waals surface area (Å²) in [5, 5.41) is 3.05. The topological polar surface area (TPSA) is 54.0 Å². The van der Waals surface area contributed by atoms with Crippen molar-refractivity contribution in [1.29, 1.82) is 0 Å². The van der Waals surface area contributed by atoms with Gasteiger partial charge in [0.25, 0.3) is 0 Å². The third kappa shape index (κ3) is 5.64. The Morgan fingerprint density at radius 1 is 1.00 bits per heavy atom. The lowest BCUT2D eigenvalue weighted by Gasteiger charge is -2.34. The molecule has 29 heavy (non-hydrogen) atoms. The number of nitrogens with one attached hydrogen (secondary N) is 1. The highest BCUT2D eigenvalue weighted by Crippen LogP contribution is 2.25. The molecule has 0 radical (unpaired) electrons. The number of ether oxygens (including phenoxy) is 2. The van der Waals surface area contributed by atoms with Crippen LogP contribution in [0.3, 0.4) is 0 Å². The van der Waals surface area contributed by atoms with Crippen molar-refractivity contribution in [3.63, 3.8) is 0 Å². The minimum atomic E-state index is 0.00207. The highest BCUT2D eigenvalue weighted by Gasteiger charge is 2.15. The van der Waals surface area contributed by atoms with Gasteiger partial charge in [0.15, 0.2) is 0 Å². The first-order chi connectivity index (χ1) is 14.0. The van der Waals surface area contributed by atoms with Crippen LogP contribution in [0, 0.1) is 6.92 Å². The van der Waals surface area contributed by atoms with Crippen molar-refractivity contribution < 1.29 is 14.3 Å². The van der Waals surface area contributed by atoms with Crippen LogP contribution in [0.2, 0.25) is 0 Å². The molecule has 1 N–H and O–H groups in total. The van der Waals surface area contributed by atoms with Gasteiger partial charge in [-0.1, -0.05) is 0 Å². The van der Waals surface area contributed by atoms with Crippen LogP contribution in [0.5, 0.6) is 11.5 Å². The van der Waals surface area contributed by atoms with Crippen molar-refractivity contribution in [3.8, 4) is 11.5 Å². The Balaban J connectivity index is 1.58. The van der Waals surface area contributed by atoms with E-state index in [1.165, 1.54) is 5.69 Å². The average Bonchev–Trinajstić information content (AvgIpc) is 2.74. The van der Waals surface area contributed by atoms with Crippen molar-refractivity contribution in [2.75, 3.05) is 57.7 Å². The van der Waals surface area contributed by atoms with E-state index in [0.717, 1.165) is 54.5 Å². The van der Waals surface area contributed by atoms with Crippen molar-refractivity contribution in [2.45, 2.75) is 19.8 Å². The van der Waals surface area contributed by atoms with Gasteiger partial charge in [-0.2, -0.15) is 0 Å². The minimum Gasteiger partial charge on any atom is -0.497 e. The molecule has 1 aliphatic heterocycles. The molecule has 3 rings (SSSR count). The number of hydrogen-bond donors (Lipinski definition) is 1. The Hall–Kier alpha value is -2.73. The van der Waals surface area contributed by atoms with Gasteiger partial charge in [0.05, 0.1) is 14.2 Å². The standard InChI is InChI=1S/C23H31N3O3/c1-17-13-19(26-11-9-25(2)10-12-26)6-7-22(17)24-23(27)8-5-18-14-20(28-3)16-21(15-18)29-4/h6-7,13-16H,5,8-12H2,1-4H3,(H,24,27). The number of hydrogen-bond acceptors (Lipinski definition) is 5. The summed E-state index contributed by atoms with van der Waals surface area (Å²) in [7, 11) is 5.41. The molecule has 1 amide bonds. The number of nitrogens with zero attached hydrogens (tertiary/aromatic N) is 2. The zero-order chi connectivity index (χ0) is 20.8. The average molecular weight is 398 g/mol. The lowest BCUT2D eigenvalue weighted by molar-refractivity contribution is -0.116. The van der Waals surface area contributed by atoms with Gasteiger partial charge in [0.1, 0.15) is 11.5 Å². The second-order valence-corrected chi connectivity index (χ2v) is 7.56. The molecule has 0 saturated carbocycles. The number of likely N-dealkylation sites (N-methyl/N-ethyl adjacent to an activating group) is 1. The molecule has 2 aromatic carbocycles. The molecule has 0 spiro atoms. The lowest BCUT2D eigenvalue weighted by Crippen LogP contribution is -2.44. The Bertz CT molecular complexity index is 823. The molecule has 0 aliphatic carbocycles. The molecule has 1 heterocycles.